The standard InChI is InChI=1S/C20H21N3O2S/c1-13-9-10-16(14(2)11-13)22-18(24)12-17-19(25)23(3)20(26-17)21-15-7-5-4-6-8-15/h4-11,17H,12H2,1-3H3,(H,22,24)/t17-/m0/s1. The summed E-state index contributed by atoms with van der Waals surface area (Å²) < 4.78 is 0. The summed E-state index contributed by atoms with van der Waals surface area (Å²) in [6, 6.07) is 15.3. The van der Waals surface area contributed by atoms with Crippen molar-refractivity contribution in [2.75, 3.05) is 12.4 Å². The molecule has 0 aliphatic carbocycles. The van der Waals surface area contributed by atoms with Crippen molar-refractivity contribution in [2.45, 2.75) is 25.5 Å². The summed E-state index contributed by atoms with van der Waals surface area (Å²) >= 11 is 1.33. The van der Waals surface area contributed by atoms with E-state index in [1.807, 2.05) is 62.4 Å². The van der Waals surface area contributed by atoms with Gasteiger partial charge in [-0.05, 0) is 37.6 Å². The van der Waals surface area contributed by atoms with Gasteiger partial charge in [0.15, 0.2) is 5.17 Å². The van der Waals surface area contributed by atoms with Gasteiger partial charge < -0.3 is 5.32 Å². The molecule has 0 spiro atoms. The summed E-state index contributed by atoms with van der Waals surface area (Å²) in [5, 5.41) is 3.07. The van der Waals surface area contributed by atoms with Crippen LogP contribution in [-0.2, 0) is 9.59 Å². The van der Waals surface area contributed by atoms with Crippen LogP contribution in [0.5, 0.6) is 0 Å². The number of thioether (sulfide) groups is 1. The van der Waals surface area contributed by atoms with Crippen molar-refractivity contribution in [1.82, 2.24) is 4.90 Å². The van der Waals surface area contributed by atoms with E-state index >= 15 is 0 Å². The molecular formula is C20H21N3O2S. The molecule has 0 saturated carbocycles. The van der Waals surface area contributed by atoms with Crippen LogP contribution in [0.15, 0.2) is 53.5 Å². The maximum Gasteiger partial charge on any atom is 0.242 e. The van der Waals surface area contributed by atoms with Crippen molar-refractivity contribution in [3.05, 3.63) is 59.7 Å². The fraction of sp³-hybridized carbons (Fsp3) is 0.250. The zero-order valence-corrected chi connectivity index (χ0v) is 15.8. The van der Waals surface area contributed by atoms with E-state index in [-0.39, 0.29) is 18.2 Å². The highest BCUT2D eigenvalue weighted by Gasteiger charge is 2.37. The Hall–Kier alpha value is -2.60. The number of hydrogen-bond acceptors (Lipinski definition) is 4. The normalized spacial score (nSPS) is 18.4. The predicted molar refractivity (Wildman–Crippen MR) is 107 cm³/mol. The van der Waals surface area contributed by atoms with Gasteiger partial charge in [-0.2, -0.15) is 0 Å². The zero-order valence-electron chi connectivity index (χ0n) is 15.0. The van der Waals surface area contributed by atoms with Gasteiger partial charge in [0.2, 0.25) is 11.8 Å². The molecule has 6 heteroatoms. The van der Waals surface area contributed by atoms with E-state index in [2.05, 4.69) is 10.3 Å². The van der Waals surface area contributed by atoms with Gasteiger partial charge in [-0.15, -0.1) is 0 Å². The number of carbonyl (C=O) groups is 2. The maximum absolute atomic E-state index is 12.4. The topological polar surface area (TPSA) is 61.8 Å². The van der Waals surface area contributed by atoms with Gasteiger partial charge in [0.05, 0.1) is 5.69 Å². The third-order valence-electron chi connectivity index (χ3n) is 4.15. The number of nitrogens with one attached hydrogen (secondary N) is 1. The first-order chi connectivity index (χ1) is 12.4. The zero-order chi connectivity index (χ0) is 18.7. The van der Waals surface area contributed by atoms with Crippen LogP contribution >= 0.6 is 11.8 Å². The van der Waals surface area contributed by atoms with Gasteiger partial charge in [0, 0.05) is 19.2 Å². The molecule has 2 amide bonds. The Bertz CT molecular complexity index is 865. The highest BCUT2D eigenvalue weighted by atomic mass is 32.2. The van der Waals surface area contributed by atoms with Crippen LogP contribution in [0.4, 0.5) is 11.4 Å². The van der Waals surface area contributed by atoms with E-state index in [0.29, 0.717) is 5.17 Å². The Balaban J connectivity index is 1.67. The third-order valence-corrected chi connectivity index (χ3v) is 5.38. The number of amides is 2. The Kier molecular flexibility index (Phi) is 5.42. The molecule has 1 saturated heterocycles. The second-order valence-corrected chi connectivity index (χ2v) is 7.47. The largest absolute Gasteiger partial charge is 0.326 e. The molecule has 1 aliphatic heterocycles. The molecule has 2 aromatic carbocycles. The molecule has 1 atom stereocenters. The minimum absolute atomic E-state index is 0.0968. The van der Waals surface area contributed by atoms with E-state index in [4.69, 9.17) is 0 Å². The summed E-state index contributed by atoms with van der Waals surface area (Å²) in [6.07, 6.45) is 0.120. The average molecular weight is 367 g/mol. The molecular weight excluding hydrogens is 346 g/mol. The van der Waals surface area contributed by atoms with Crippen LogP contribution in [0.25, 0.3) is 0 Å². The smallest absolute Gasteiger partial charge is 0.242 e. The SMILES string of the molecule is Cc1ccc(NC(=O)C[C@@H]2SC(=Nc3ccccc3)N(C)C2=O)c(C)c1. The summed E-state index contributed by atoms with van der Waals surface area (Å²) in [5.74, 6) is -0.266. The van der Waals surface area contributed by atoms with Crippen LogP contribution in [0, 0.1) is 13.8 Å². The maximum atomic E-state index is 12.4. The molecule has 0 aromatic heterocycles. The lowest BCUT2D eigenvalue weighted by Crippen LogP contribution is -2.30. The molecule has 1 heterocycles. The second kappa shape index (κ2) is 7.74. The van der Waals surface area contributed by atoms with Gasteiger partial charge in [-0.25, -0.2) is 4.99 Å². The summed E-state index contributed by atoms with van der Waals surface area (Å²) in [6.45, 7) is 3.96. The van der Waals surface area contributed by atoms with Crippen LogP contribution in [0.2, 0.25) is 0 Å². The summed E-state index contributed by atoms with van der Waals surface area (Å²) in [7, 11) is 1.69. The van der Waals surface area contributed by atoms with Crippen molar-refractivity contribution in [3.8, 4) is 0 Å². The molecule has 3 rings (SSSR count). The number of amidine groups is 1. The number of benzene rings is 2. The van der Waals surface area contributed by atoms with Crippen LogP contribution < -0.4 is 5.32 Å². The predicted octanol–water partition coefficient (Wildman–Crippen LogP) is 3.89. The number of para-hydroxylation sites is 1. The summed E-state index contributed by atoms with van der Waals surface area (Å²) in [5.41, 5.74) is 3.72. The second-order valence-electron chi connectivity index (χ2n) is 6.30. The van der Waals surface area contributed by atoms with Gasteiger partial charge in [-0.1, -0.05) is 47.7 Å². The first-order valence-corrected chi connectivity index (χ1v) is 9.27. The first-order valence-electron chi connectivity index (χ1n) is 8.39. The number of rotatable bonds is 4. The average Bonchev–Trinajstić information content (AvgIpc) is 2.86. The Labute approximate surface area is 157 Å². The Morgan fingerprint density at radius 3 is 2.62 bits per heavy atom. The molecule has 26 heavy (non-hydrogen) atoms. The molecule has 1 fully saturated rings. The van der Waals surface area contributed by atoms with Crippen LogP contribution in [-0.4, -0.2) is 34.2 Å². The van der Waals surface area contributed by atoms with E-state index in [9.17, 15) is 9.59 Å². The number of aliphatic imine (C=N–C) groups is 1. The number of carbonyl (C=O) groups excluding carboxylic acids is 2. The van der Waals surface area contributed by atoms with Crippen LogP contribution in [0.3, 0.4) is 0 Å². The summed E-state index contributed by atoms with van der Waals surface area (Å²) in [4.78, 5) is 30.9. The highest BCUT2D eigenvalue weighted by Crippen LogP contribution is 2.30. The quantitative estimate of drug-likeness (QED) is 0.892. The molecule has 5 nitrogen and oxygen atoms in total. The Morgan fingerprint density at radius 2 is 1.92 bits per heavy atom. The van der Waals surface area contributed by atoms with E-state index in [0.717, 1.165) is 22.5 Å². The number of aryl methyl sites for hydroxylation is 2. The highest BCUT2D eigenvalue weighted by molar-refractivity contribution is 8.15. The lowest BCUT2D eigenvalue weighted by atomic mass is 10.1. The van der Waals surface area contributed by atoms with Crippen molar-refractivity contribution in [2.24, 2.45) is 4.99 Å². The number of anilines is 1. The number of hydrogen-bond donors (Lipinski definition) is 1. The minimum Gasteiger partial charge on any atom is -0.326 e. The van der Waals surface area contributed by atoms with E-state index < -0.39 is 5.25 Å². The first kappa shape index (κ1) is 18.2. The van der Waals surface area contributed by atoms with Gasteiger partial charge in [0.1, 0.15) is 5.25 Å². The molecule has 0 unspecified atom stereocenters. The van der Waals surface area contributed by atoms with Gasteiger partial charge >= 0.3 is 0 Å². The molecule has 1 aliphatic rings. The lowest BCUT2D eigenvalue weighted by molar-refractivity contribution is -0.127. The van der Waals surface area contributed by atoms with Crippen molar-refractivity contribution in [3.63, 3.8) is 0 Å². The number of nitrogens with zero attached hydrogens (tertiary/aromatic N) is 2. The molecule has 1 N–H and O–H groups in total. The third kappa shape index (κ3) is 4.14. The van der Waals surface area contributed by atoms with Crippen molar-refractivity contribution < 1.29 is 9.59 Å². The minimum atomic E-state index is -0.451. The monoisotopic (exact) mass is 367 g/mol. The van der Waals surface area contributed by atoms with Gasteiger partial charge in [-0.3, -0.25) is 14.5 Å². The lowest BCUT2D eigenvalue weighted by Gasteiger charge is -2.11. The fourth-order valence-electron chi connectivity index (χ4n) is 2.73. The molecule has 2 aromatic rings. The molecule has 0 bridgehead atoms. The molecule has 134 valence electrons. The van der Waals surface area contributed by atoms with Crippen molar-refractivity contribution >= 4 is 40.1 Å². The van der Waals surface area contributed by atoms with E-state index in [1.54, 1.807) is 7.05 Å². The van der Waals surface area contributed by atoms with E-state index in [1.165, 1.54) is 16.7 Å². The van der Waals surface area contributed by atoms with Crippen molar-refractivity contribution in [1.29, 1.82) is 0 Å². The fourth-order valence-corrected chi connectivity index (χ4v) is 3.89. The Morgan fingerprint density at radius 1 is 1.19 bits per heavy atom. The molecule has 0 radical (unpaired) electrons. The van der Waals surface area contributed by atoms with Gasteiger partial charge in [0.25, 0.3) is 0 Å². The van der Waals surface area contributed by atoms with Crippen LogP contribution in [0.1, 0.15) is 17.5 Å².